The van der Waals surface area contributed by atoms with E-state index >= 15 is 0 Å². The summed E-state index contributed by atoms with van der Waals surface area (Å²) in [5.41, 5.74) is 2.43. The van der Waals surface area contributed by atoms with Crippen molar-refractivity contribution < 1.29 is 23.8 Å². The highest BCUT2D eigenvalue weighted by Crippen LogP contribution is 2.29. The Kier molecular flexibility index (Phi) is 7.57. The van der Waals surface area contributed by atoms with E-state index in [1.807, 2.05) is 54.6 Å². The summed E-state index contributed by atoms with van der Waals surface area (Å²) in [6.45, 7) is 10.1. The molecule has 2 rings (SSSR count). The molecule has 0 spiro atoms. The van der Waals surface area contributed by atoms with Crippen LogP contribution < -0.4 is 4.74 Å². The van der Waals surface area contributed by atoms with Crippen molar-refractivity contribution in [2.45, 2.75) is 20.0 Å². The van der Waals surface area contributed by atoms with E-state index in [-0.39, 0.29) is 24.4 Å². The minimum atomic E-state index is -0.781. The second-order valence-corrected chi connectivity index (χ2v) is 6.36. The monoisotopic (exact) mass is 380 g/mol. The van der Waals surface area contributed by atoms with Crippen LogP contribution in [0.5, 0.6) is 5.75 Å². The summed E-state index contributed by atoms with van der Waals surface area (Å²) in [5.74, 6) is -0.492. The fourth-order valence-electron chi connectivity index (χ4n) is 2.29. The first-order valence-electron chi connectivity index (χ1n) is 8.85. The molecule has 0 saturated carbocycles. The molecule has 1 atom stereocenters. The number of carbonyl (C=O) groups excluding carboxylic acids is 2. The molecule has 5 heteroatoms. The standard InChI is InChI=1S/C23H24O5/c1-16(2)22(24)27-15-19(28-23(25)17(3)4)14-26-21-13-9-8-12-20(21)18-10-6-5-7-11-18/h5-13,19H,1,3,14-15H2,2,4H3. The van der Waals surface area contributed by atoms with E-state index in [0.717, 1.165) is 11.1 Å². The van der Waals surface area contributed by atoms with Crippen LogP contribution in [0.15, 0.2) is 78.9 Å². The molecule has 146 valence electrons. The molecule has 0 aromatic heterocycles. The molecule has 0 amide bonds. The van der Waals surface area contributed by atoms with E-state index in [1.165, 1.54) is 0 Å². The molecule has 0 aliphatic carbocycles. The quantitative estimate of drug-likeness (QED) is 0.478. The number of benzene rings is 2. The Bertz CT molecular complexity index is 854. The first-order chi connectivity index (χ1) is 13.4. The molecule has 5 nitrogen and oxygen atoms in total. The molecule has 2 aromatic carbocycles. The van der Waals surface area contributed by atoms with E-state index in [9.17, 15) is 9.59 Å². The van der Waals surface area contributed by atoms with Crippen molar-refractivity contribution in [2.24, 2.45) is 0 Å². The molecule has 28 heavy (non-hydrogen) atoms. The maximum atomic E-state index is 11.9. The number of carbonyl (C=O) groups is 2. The number of hydrogen-bond donors (Lipinski definition) is 0. The predicted octanol–water partition coefficient (Wildman–Crippen LogP) is 4.34. The van der Waals surface area contributed by atoms with Gasteiger partial charge in [-0.25, -0.2) is 9.59 Å². The van der Waals surface area contributed by atoms with Gasteiger partial charge in [-0.15, -0.1) is 0 Å². The molecule has 0 bridgehead atoms. The van der Waals surface area contributed by atoms with Crippen molar-refractivity contribution in [3.8, 4) is 16.9 Å². The molecule has 0 radical (unpaired) electrons. The normalized spacial score (nSPS) is 11.2. The number of para-hydroxylation sites is 1. The van der Waals surface area contributed by atoms with E-state index in [4.69, 9.17) is 14.2 Å². The summed E-state index contributed by atoms with van der Waals surface area (Å²) < 4.78 is 16.4. The second kappa shape index (κ2) is 10.1. The molecule has 1 unspecified atom stereocenters. The van der Waals surface area contributed by atoms with Crippen molar-refractivity contribution >= 4 is 11.9 Å². The largest absolute Gasteiger partial charge is 0.489 e. The van der Waals surface area contributed by atoms with E-state index in [0.29, 0.717) is 5.75 Å². The summed E-state index contributed by atoms with van der Waals surface area (Å²) in [7, 11) is 0. The van der Waals surface area contributed by atoms with Gasteiger partial charge in [-0.3, -0.25) is 0 Å². The van der Waals surface area contributed by atoms with Gasteiger partial charge in [0.2, 0.25) is 0 Å². The Labute approximate surface area is 165 Å². The van der Waals surface area contributed by atoms with Gasteiger partial charge in [0, 0.05) is 16.7 Å². The van der Waals surface area contributed by atoms with Crippen LogP contribution in [0.2, 0.25) is 0 Å². The van der Waals surface area contributed by atoms with Crippen molar-refractivity contribution in [1.82, 2.24) is 0 Å². The fraction of sp³-hybridized carbons (Fsp3) is 0.217. The highest BCUT2D eigenvalue weighted by molar-refractivity contribution is 5.87. The minimum absolute atomic E-state index is 0.0202. The van der Waals surface area contributed by atoms with Crippen LogP contribution in [-0.2, 0) is 19.1 Å². The van der Waals surface area contributed by atoms with Gasteiger partial charge in [0.1, 0.15) is 19.0 Å². The topological polar surface area (TPSA) is 61.8 Å². The summed E-state index contributed by atoms with van der Waals surface area (Å²) in [5, 5.41) is 0. The summed E-state index contributed by atoms with van der Waals surface area (Å²) in [4.78, 5) is 23.6. The Balaban J connectivity index is 2.12. The van der Waals surface area contributed by atoms with Crippen LogP contribution >= 0.6 is 0 Å². The zero-order valence-corrected chi connectivity index (χ0v) is 16.1. The number of hydrogen-bond acceptors (Lipinski definition) is 5. The van der Waals surface area contributed by atoms with Crippen molar-refractivity contribution in [3.63, 3.8) is 0 Å². The zero-order valence-electron chi connectivity index (χ0n) is 16.1. The van der Waals surface area contributed by atoms with Crippen LogP contribution in [0.1, 0.15) is 13.8 Å². The van der Waals surface area contributed by atoms with Crippen LogP contribution in [-0.4, -0.2) is 31.3 Å². The zero-order chi connectivity index (χ0) is 20.5. The molecule has 0 heterocycles. The minimum Gasteiger partial charge on any atom is -0.489 e. The Hall–Kier alpha value is -3.34. The van der Waals surface area contributed by atoms with Gasteiger partial charge in [0.25, 0.3) is 0 Å². The van der Waals surface area contributed by atoms with E-state index < -0.39 is 18.0 Å². The van der Waals surface area contributed by atoms with Crippen LogP contribution in [0.25, 0.3) is 11.1 Å². The van der Waals surface area contributed by atoms with Crippen LogP contribution in [0.4, 0.5) is 0 Å². The lowest BCUT2D eigenvalue weighted by Gasteiger charge is -2.20. The maximum Gasteiger partial charge on any atom is 0.333 e. The van der Waals surface area contributed by atoms with Crippen molar-refractivity contribution in [3.05, 3.63) is 78.9 Å². The maximum absolute atomic E-state index is 11.9. The third-order valence-corrected chi connectivity index (χ3v) is 3.77. The smallest absolute Gasteiger partial charge is 0.333 e. The molecule has 0 aliphatic heterocycles. The van der Waals surface area contributed by atoms with Gasteiger partial charge >= 0.3 is 11.9 Å². The van der Waals surface area contributed by atoms with Gasteiger partial charge < -0.3 is 14.2 Å². The van der Waals surface area contributed by atoms with Crippen molar-refractivity contribution in [1.29, 1.82) is 0 Å². The number of esters is 2. The molecular weight excluding hydrogens is 356 g/mol. The molecule has 0 N–H and O–H groups in total. The Morgan fingerprint density at radius 1 is 0.857 bits per heavy atom. The third-order valence-electron chi connectivity index (χ3n) is 3.77. The summed E-state index contributed by atoms with van der Waals surface area (Å²) in [6.07, 6.45) is -0.781. The third kappa shape index (κ3) is 6.13. The Morgan fingerprint density at radius 3 is 2.11 bits per heavy atom. The van der Waals surface area contributed by atoms with Gasteiger partial charge in [0.05, 0.1) is 0 Å². The molecule has 2 aromatic rings. The highest BCUT2D eigenvalue weighted by Gasteiger charge is 2.19. The predicted molar refractivity (Wildman–Crippen MR) is 108 cm³/mol. The SMILES string of the molecule is C=C(C)C(=O)OCC(COc1ccccc1-c1ccccc1)OC(=O)C(=C)C. The lowest BCUT2D eigenvalue weighted by molar-refractivity contribution is -0.155. The van der Waals surface area contributed by atoms with Gasteiger partial charge in [-0.05, 0) is 25.5 Å². The van der Waals surface area contributed by atoms with Gasteiger partial charge in [-0.1, -0.05) is 61.7 Å². The number of rotatable bonds is 9. The summed E-state index contributed by atoms with van der Waals surface area (Å²) >= 11 is 0. The van der Waals surface area contributed by atoms with E-state index in [2.05, 4.69) is 13.2 Å². The second-order valence-electron chi connectivity index (χ2n) is 6.36. The van der Waals surface area contributed by atoms with Crippen LogP contribution in [0, 0.1) is 0 Å². The molecule has 0 aliphatic rings. The average molecular weight is 380 g/mol. The van der Waals surface area contributed by atoms with Gasteiger partial charge in [-0.2, -0.15) is 0 Å². The van der Waals surface area contributed by atoms with E-state index in [1.54, 1.807) is 13.8 Å². The average Bonchev–Trinajstić information content (AvgIpc) is 2.70. The summed E-state index contributed by atoms with van der Waals surface area (Å²) in [6, 6.07) is 17.4. The molecular formula is C23H24O5. The fourth-order valence-corrected chi connectivity index (χ4v) is 2.29. The molecule has 0 fully saturated rings. The highest BCUT2D eigenvalue weighted by atomic mass is 16.6. The van der Waals surface area contributed by atoms with Crippen molar-refractivity contribution in [2.75, 3.05) is 13.2 Å². The lowest BCUT2D eigenvalue weighted by Crippen LogP contribution is -2.31. The first-order valence-corrected chi connectivity index (χ1v) is 8.85. The first kappa shape index (κ1) is 21.0. The van der Waals surface area contributed by atoms with Gasteiger partial charge in [0.15, 0.2) is 6.10 Å². The van der Waals surface area contributed by atoms with Crippen LogP contribution in [0.3, 0.4) is 0 Å². The Morgan fingerprint density at radius 2 is 1.46 bits per heavy atom. The molecule has 0 saturated heterocycles. The number of ether oxygens (including phenoxy) is 3. The lowest BCUT2D eigenvalue weighted by atomic mass is 10.1.